The number of fused-ring (bicyclic) bond motifs is 1. The van der Waals surface area contributed by atoms with E-state index in [0.717, 1.165) is 22.3 Å². The summed E-state index contributed by atoms with van der Waals surface area (Å²) in [5.41, 5.74) is 3.33. The molecule has 0 amide bonds. The molecule has 0 aliphatic carbocycles. The first-order chi connectivity index (χ1) is 14.5. The van der Waals surface area contributed by atoms with Crippen molar-refractivity contribution >= 4 is 52.4 Å². The molecule has 0 aliphatic heterocycles. The van der Waals surface area contributed by atoms with E-state index in [2.05, 4.69) is 42.5 Å². The molecule has 0 fully saturated rings. The number of H-pyrrole nitrogens is 1. The Morgan fingerprint density at radius 3 is 2.50 bits per heavy atom. The highest BCUT2D eigenvalue weighted by Gasteiger charge is 2.15. The summed E-state index contributed by atoms with van der Waals surface area (Å²) in [5.74, 6) is 1.23. The average molecular weight is 421 g/mol. The standard InChI is InChI=1S/C21H21ClN8/c1-23-21(30(2)3)13-6-4-8-15(10-13)27-20-17-18(24-12-25-19(17)28-29-20)26-16-9-5-7-14(22)11-16/h4-12,21H,1H2,2-3H3,(H3,24,25,26,27,28,29). The Morgan fingerprint density at radius 1 is 1.03 bits per heavy atom. The van der Waals surface area contributed by atoms with Crippen LogP contribution in [0.1, 0.15) is 11.7 Å². The summed E-state index contributed by atoms with van der Waals surface area (Å²) in [5, 5.41) is 15.4. The van der Waals surface area contributed by atoms with Gasteiger partial charge in [0.25, 0.3) is 0 Å². The summed E-state index contributed by atoms with van der Waals surface area (Å²) in [4.78, 5) is 14.9. The zero-order valence-corrected chi connectivity index (χ0v) is 17.4. The molecule has 3 N–H and O–H groups in total. The summed E-state index contributed by atoms with van der Waals surface area (Å²) in [6, 6.07) is 15.4. The molecule has 0 aliphatic rings. The highest BCUT2D eigenvalue weighted by molar-refractivity contribution is 6.30. The molecule has 2 aromatic heterocycles. The molecule has 0 saturated heterocycles. The van der Waals surface area contributed by atoms with Crippen LogP contribution in [0.25, 0.3) is 11.0 Å². The van der Waals surface area contributed by atoms with Gasteiger partial charge in [-0.2, -0.15) is 5.10 Å². The molecular formula is C21H21ClN8. The van der Waals surface area contributed by atoms with Crippen LogP contribution in [0.4, 0.5) is 23.0 Å². The Bertz CT molecular complexity index is 1190. The van der Waals surface area contributed by atoms with E-state index in [9.17, 15) is 0 Å². The lowest BCUT2D eigenvalue weighted by atomic mass is 10.1. The van der Waals surface area contributed by atoms with Crippen LogP contribution in [-0.4, -0.2) is 45.9 Å². The number of nitrogens with zero attached hydrogens (tertiary/aromatic N) is 5. The number of aliphatic imine (C=N–C) groups is 1. The average Bonchev–Trinajstić information content (AvgIpc) is 3.12. The van der Waals surface area contributed by atoms with Crippen LogP contribution in [0.3, 0.4) is 0 Å². The second-order valence-electron chi connectivity index (χ2n) is 6.92. The van der Waals surface area contributed by atoms with Gasteiger partial charge < -0.3 is 10.6 Å². The van der Waals surface area contributed by atoms with Crippen LogP contribution in [0.15, 0.2) is 59.9 Å². The maximum absolute atomic E-state index is 6.10. The van der Waals surface area contributed by atoms with E-state index >= 15 is 0 Å². The van der Waals surface area contributed by atoms with Gasteiger partial charge in [-0.3, -0.25) is 15.0 Å². The molecule has 30 heavy (non-hydrogen) atoms. The lowest BCUT2D eigenvalue weighted by Gasteiger charge is -2.20. The molecule has 1 atom stereocenters. The third-order valence-corrected chi connectivity index (χ3v) is 4.79. The first kappa shape index (κ1) is 19.8. The molecule has 152 valence electrons. The van der Waals surface area contributed by atoms with Gasteiger partial charge in [0, 0.05) is 16.4 Å². The largest absolute Gasteiger partial charge is 0.339 e. The fourth-order valence-corrected chi connectivity index (χ4v) is 3.42. The number of nitrogens with one attached hydrogen (secondary N) is 3. The number of aromatic nitrogens is 4. The van der Waals surface area contributed by atoms with Crippen molar-refractivity contribution in [3.05, 3.63) is 65.4 Å². The molecule has 4 rings (SSSR count). The minimum atomic E-state index is -0.133. The van der Waals surface area contributed by atoms with Crippen molar-refractivity contribution in [1.82, 2.24) is 25.1 Å². The number of benzene rings is 2. The first-order valence-corrected chi connectivity index (χ1v) is 9.64. The minimum absolute atomic E-state index is 0.133. The van der Waals surface area contributed by atoms with Gasteiger partial charge >= 0.3 is 0 Å². The van der Waals surface area contributed by atoms with Gasteiger partial charge in [-0.15, -0.1) is 0 Å². The molecule has 0 radical (unpaired) electrons. The second kappa shape index (κ2) is 8.48. The first-order valence-electron chi connectivity index (χ1n) is 9.26. The third kappa shape index (κ3) is 4.10. The van der Waals surface area contributed by atoms with E-state index in [1.165, 1.54) is 6.33 Å². The van der Waals surface area contributed by atoms with E-state index in [-0.39, 0.29) is 6.17 Å². The van der Waals surface area contributed by atoms with E-state index in [1.54, 1.807) is 0 Å². The number of rotatable bonds is 7. The molecule has 1 unspecified atom stereocenters. The number of aromatic amines is 1. The molecular weight excluding hydrogens is 400 g/mol. The van der Waals surface area contributed by atoms with E-state index in [0.29, 0.717) is 22.3 Å². The smallest absolute Gasteiger partial charge is 0.165 e. The van der Waals surface area contributed by atoms with Gasteiger partial charge in [-0.25, -0.2) is 9.97 Å². The Hall–Kier alpha value is -3.49. The highest BCUT2D eigenvalue weighted by Crippen LogP contribution is 2.31. The van der Waals surface area contributed by atoms with Crippen LogP contribution >= 0.6 is 11.6 Å². The summed E-state index contributed by atoms with van der Waals surface area (Å²) in [7, 11) is 3.93. The SMILES string of the molecule is C=NC(c1cccc(Nc2n[nH]c3ncnc(Nc4cccc(Cl)c4)c23)c1)N(C)C. The van der Waals surface area contributed by atoms with Crippen molar-refractivity contribution < 1.29 is 0 Å². The summed E-state index contributed by atoms with van der Waals surface area (Å²) < 4.78 is 0. The molecule has 2 aromatic carbocycles. The lowest BCUT2D eigenvalue weighted by molar-refractivity contribution is 0.311. The summed E-state index contributed by atoms with van der Waals surface area (Å²) >= 11 is 6.10. The van der Waals surface area contributed by atoms with Gasteiger partial charge in [0.05, 0.1) is 0 Å². The van der Waals surface area contributed by atoms with Crippen LogP contribution in [0, 0.1) is 0 Å². The predicted molar refractivity (Wildman–Crippen MR) is 122 cm³/mol. The van der Waals surface area contributed by atoms with E-state index < -0.39 is 0 Å². The maximum atomic E-state index is 6.10. The Morgan fingerprint density at radius 2 is 1.77 bits per heavy atom. The van der Waals surface area contributed by atoms with Crippen molar-refractivity contribution in [2.45, 2.75) is 6.17 Å². The normalized spacial score (nSPS) is 12.1. The fraction of sp³-hybridized carbons (Fsp3) is 0.143. The topological polar surface area (TPSA) is 94.1 Å². The van der Waals surface area contributed by atoms with Crippen molar-refractivity contribution in [1.29, 1.82) is 0 Å². The van der Waals surface area contributed by atoms with Gasteiger partial charge in [0.1, 0.15) is 23.7 Å². The van der Waals surface area contributed by atoms with Crippen molar-refractivity contribution in [2.24, 2.45) is 4.99 Å². The zero-order valence-electron chi connectivity index (χ0n) is 16.6. The van der Waals surface area contributed by atoms with Crippen LogP contribution < -0.4 is 10.6 Å². The number of halogens is 1. The van der Waals surface area contributed by atoms with Crippen molar-refractivity contribution in [3.63, 3.8) is 0 Å². The second-order valence-corrected chi connectivity index (χ2v) is 7.36. The fourth-order valence-electron chi connectivity index (χ4n) is 3.23. The number of anilines is 4. The number of hydrogen-bond acceptors (Lipinski definition) is 7. The van der Waals surface area contributed by atoms with Crippen LogP contribution in [0.2, 0.25) is 5.02 Å². The van der Waals surface area contributed by atoms with Gasteiger partial charge in [0.15, 0.2) is 11.5 Å². The molecule has 2 heterocycles. The summed E-state index contributed by atoms with van der Waals surface area (Å²) in [6.45, 7) is 3.70. The van der Waals surface area contributed by atoms with E-state index in [1.807, 2.05) is 67.5 Å². The molecule has 0 bridgehead atoms. The van der Waals surface area contributed by atoms with Gasteiger partial charge in [-0.05, 0) is 56.7 Å². The molecule has 8 nitrogen and oxygen atoms in total. The van der Waals surface area contributed by atoms with Crippen LogP contribution in [-0.2, 0) is 0 Å². The van der Waals surface area contributed by atoms with E-state index in [4.69, 9.17) is 11.6 Å². The Kier molecular flexibility index (Phi) is 5.60. The molecule has 9 heteroatoms. The Labute approximate surface area is 179 Å². The minimum Gasteiger partial charge on any atom is -0.339 e. The van der Waals surface area contributed by atoms with Crippen molar-refractivity contribution in [2.75, 3.05) is 24.7 Å². The van der Waals surface area contributed by atoms with Crippen molar-refractivity contribution in [3.8, 4) is 0 Å². The van der Waals surface area contributed by atoms with Gasteiger partial charge in [0.2, 0.25) is 0 Å². The monoisotopic (exact) mass is 420 g/mol. The summed E-state index contributed by atoms with van der Waals surface area (Å²) in [6.07, 6.45) is 1.35. The predicted octanol–water partition coefficient (Wildman–Crippen LogP) is 4.75. The highest BCUT2D eigenvalue weighted by atomic mass is 35.5. The zero-order chi connectivity index (χ0) is 21.1. The molecule has 0 saturated carbocycles. The Balaban J connectivity index is 1.68. The quantitative estimate of drug-likeness (QED) is 0.373. The van der Waals surface area contributed by atoms with Crippen LogP contribution in [0.5, 0.6) is 0 Å². The third-order valence-electron chi connectivity index (χ3n) is 4.55. The maximum Gasteiger partial charge on any atom is 0.165 e. The number of hydrogen-bond donors (Lipinski definition) is 3. The van der Waals surface area contributed by atoms with Gasteiger partial charge in [-0.1, -0.05) is 29.8 Å². The molecule has 4 aromatic rings. The molecule has 0 spiro atoms. The lowest BCUT2D eigenvalue weighted by Crippen LogP contribution is -2.17.